The van der Waals surface area contributed by atoms with Gasteiger partial charge in [0.1, 0.15) is 14.4 Å². The zero-order valence-corrected chi connectivity index (χ0v) is 22.7. The molecule has 0 aromatic carbocycles. The number of hydrogen-bond donors (Lipinski definition) is 0. The average Bonchev–Trinajstić information content (AvgIpc) is 2.26. The minimum atomic E-state index is -1.37. The van der Waals surface area contributed by atoms with Crippen molar-refractivity contribution in [3.8, 4) is 0 Å². The van der Waals surface area contributed by atoms with Gasteiger partial charge in [-0.05, 0) is 33.2 Å². The predicted octanol–water partition coefficient (Wildman–Crippen LogP) is 5.19. The van der Waals surface area contributed by atoms with Gasteiger partial charge in [-0.2, -0.15) is 0 Å². The van der Waals surface area contributed by atoms with Crippen molar-refractivity contribution in [2.45, 2.75) is 116 Å². The maximum atomic E-state index is 2.61. The molecule has 0 saturated heterocycles. The van der Waals surface area contributed by atoms with E-state index in [0.717, 1.165) is 33.2 Å². The molecule has 0 atom stereocenters. The van der Waals surface area contributed by atoms with Crippen LogP contribution >= 0.6 is 10.7 Å². The van der Waals surface area contributed by atoms with Crippen molar-refractivity contribution in [1.82, 2.24) is 0 Å². The molecule has 0 nitrogen and oxygen atoms in total. The smallest absolute Gasteiger partial charge is 1.00 e. The van der Waals surface area contributed by atoms with E-state index in [4.69, 9.17) is 0 Å². The molecule has 0 aromatic rings. The van der Waals surface area contributed by atoms with Crippen LogP contribution < -0.4 is 29.6 Å². The monoisotopic (exact) mass is 370 g/mol. The fraction of sp³-hybridized carbons (Fsp3) is 1.00. The Kier molecular flexibility index (Phi) is 11.9. The second-order valence-corrected chi connectivity index (χ2v) is 26.0. The van der Waals surface area contributed by atoms with Gasteiger partial charge in [0.25, 0.3) is 0 Å². The zero-order chi connectivity index (χ0) is 17.2. The summed E-state index contributed by atoms with van der Waals surface area (Å²) in [5, 5.41) is 0. The molecule has 0 rings (SSSR count). The second kappa shape index (κ2) is 10.1. The van der Waals surface area contributed by atoms with E-state index in [2.05, 4.69) is 93.7 Å². The van der Waals surface area contributed by atoms with E-state index in [9.17, 15) is 0 Å². The van der Waals surface area contributed by atoms with E-state index in [0.29, 0.717) is 0 Å². The van der Waals surface area contributed by atoms with Crippen LogP contribution in [0.15, 0.2) is 0 Å². The van der Waals surface area contributed by atoms with Gasteiger partial charge in [0.2, 0.25) is 0 Å². The molecule has 4 heteroatoms. The Balaban J connectivity index is -0.00000200. The van der Waals surface area contributed by atoms with Crippen molar-refractivity contribution in [1.29, 1.82) is 0 Å². The van der Waals surface area contributed by atoms with Crippen molar-refractivity contribution in [3.05, 3.63) is 0 Å². The SMILES string of the molecule is CC(C)[Si](S[Si](C(C)C)(C(C)C)C(C)C)(C(C)C)C(C)C.[H-].[Na+]. The molecule has 0 fully saturated rings. The van der Waals surface area contributed by atoms with Gasteiger partial charge in [0.05, 0.1) is 0 Å². The van der Waals surface area contributed by atoms with Crippen LogP contribution in [0.2, 0.25) is 33.2 Å². The molecule has 0 saturated carbocycles. The van der Waals surface area contributed by atoms with Crippen LogP contribution in [0.4, 0.5) is 0 Å². The molecule has 0 amide bonds. The van der Waals surface area contributed by atoms with Gasteiger partial charge in [-0.1, -0.05) is 83.1 Å². The summed E-state index contributed by atoms with van der Waals surface area (Å²) in [6.07, 6.45) is 0. The summed E-state index contributed by atoms with van der Waals surface area (Å²) < 4.78 is 0. The molecule has 0 aliphatic rings. The molecule has 0 spiro atoms. The molecular formula is C18H43NaSSi2. The third-order valence-electron chi connectivity index (χ3n) is 5.77. The van der Waals surface area contributed by atoms with Gasteiger partial charge in [-0.25, -0.2) is 10.7 Å². The Bertz CT molecular complexity index is 245. The second-order valence-electron chi connectivity index (χ2n) is 8.74. The molecule has 0 heterocycles. The third-order valence-corrected chi connectivity index (χ3v) is 34.3. The van der Waals surface area contributed by atoms with Crippen LogP contribution in [0.1, 0.15) is 84.5 Å². The van der Waals surface area contributed by atoms with Gasteiger partial charge in [-0.15, -0.1) is 0 Å². The van der Waals surface area contributed by atoms with E-state index in [1.807, 2.05) is 0 Å². The summed E-state index contributed by atoms with van der Waals surface area (Å²) in [4.78, 5) is 0. The molecular weight excluding hydrogens is 327 g/mol. The molecule has 0 radical (unpaired) electrons. The molecule has 22 heavy (non-hydrogen) atoms. The molecule has 0 aliphatic heterocycles. The maximum Gasteiger partial charge on any atom is 1.00 e. The van der Waals surface area contributed by atoms with E-state index in [1.165, 1.54) is 0 Å². The van der Waals surface area contributed by atoms with Gasteiger partial charge >= 0.3 is 29.6 Å². The minimum Gasteiger partial charge on any atom is -1.00 e. The van der Waals surface area contributed by atoms with Crippen LogP contribution in [0.3, 0.4) is 0 Å². The molecule has 0 unspecified atom stereocenters. The van der Waals surface area contributed by atoms with Crippen molar-refractivity contribution in [2.75, 3.05) is 0 Å². The fourth-order valence-electron chi connectivity index (χ4n) is 5.01. The van der Waals surface area contributed by atoms with Crippen molar-refractivity contribution in [2.24, 2.45) is 0 Å². The van der Waals surface area contributed by atoms with Crippen LogP contribution in [-0.2, 0) is 0 Å². The molecule has 0 N–H and O–H groups in total. The van der Waals surface area contributed by atoms with Crippen molar-refractivity contribution >= 4 is 25.1 Å². The summed E-state index contributed by atoms with van der Waals surface area (Å²) in [6, 6.07) is 0. The summed E-state index contributed by atoms with van der Waals surface area (Å²) >= 11 is 0. The normalized spacial score (nSPS) is 13.9. The Hall–Kier alpha value is 1.78. The van der Waals surface area contributed by atoms with Gasteiger partial charge < -0.3 is 1.43 Å². The first-order valence-electron chi connectivity index (χ1n) is 9.07. The van der Waals surface area contributed by atoms with Crippen LogP contribution in [0.25, 0.3) is 0 Å². The topological polar surface area (TPSA) is 0 Å². The molecule has 0 bridgehead atoms. The van der Waals surface area contributed by atoms with Crippen molar-refractivity contribution < 1.29 is 31.0 Å². The van der Waals surface area contributed by atoms with Crippen LogP contribution in [-0.4, -0.2) is 14.4 Å². The Labute approximate surface area is 171 Å². The first-order chi connectivity index (χ1) is 9.37. The molecule has 0 aromatic heterocycles. The fourth-order valence-corrected chi connectivity index (χ4v) is 39.4. The predicted molar refractivity (Wildman–Crippen MR) is 111 cm³/mol. The Morgan fingerprint density at radius 3 is 0.682 bits per heavy atom. The first-order valence-corrected chi connectivity index (χ1v) is 15.8. The Morgan fingerprint density at radius 1 is 0.455 bits per heavy atom. The number of rotatable bonds is 8. The molecule has 130 valence electrons. The minimum absolute atomic E-state index is 0. The van der Waals surface area contributed by atoms with Crippen LogP contribution in [0, 0.1) is 0 Å². The quantitative estimate of drug-likeness (QED) is 0.530. The van der Waals surface area contributed by atoms with Crippen LogP contribution in [0.5, 0.6) is 0 Å². The van der Waals surface area contributed by atoms with Crippen molar-refractivity contribution in [3.63, 3.8) is 0 Å². The summed E-state index contributed by atoms with van der Waals surface area (Å²) in [7, 11) is -0.135. The van der Waals surface area contributed by atoms with E-state index in [-0.39, 0.29) is 31.0 Å². The van der Waals surface area contributed by atoms with Gasteiger partial charge in [-0.3, -0.25) is 0 Å². The molecule has 0 aliphatic carbocycles. The Morgan fingerprint density at radius 2 is 0.591 bits per heavy atom. The largest absolute Gasteiger partial charge is 1.00 e. The van der Waals surface area contributed by atoms with Gasteiger partial charge in [0.15, 0.2) is 0 Å². The standard InChI is InChI=1S/C18H42SSi2.Na.H/c1-13(2)20(14(3)4,15(5)6)19-21(16(7)8,17(9)10)18(11)12;;/h13-18H,1-12H3;;/q;+1;-1. The summed E-state index contributed by atoms with van der Waals surface area (Å²) in [6.45, 7) is 30.2. The third kappa shape index (κ3) is 4.91. The van der Waals surface area contributed by atoms with Gasteiger partial charge in [0, 0.05) is 0 Å². The summed E-state index contributed by atoms with van der Waals surface area (Å²) in [5.74, 6) is 0. The van der Waals surface area contributed by atoms with E-state index >= 15 is 0 Å². The number of hydrogen-bond acceptors (Lipinski definition) is 1. The first kappa shape index (κ1) is 26.0. The summed E-state index contributed by atoms with van der Waals surface area (Å²) in [5.41, 5.74) is 5.20. The van der Waals surface area contributed by atoms with E-state index < -0.39 is 14.4 Å². The van der Waals surface area contributed by atoms with E-state index in [1.54, 1.807) is 0 Å². The average molecular weight is 371 g/mol. The zero-order valence-electron chi connectivity index (χ0n) is 18.9. The maximum absolute atomic E-state index is 2.61.